The van der Waals surface area contributed by atoms with Gasteiger partial charge in [-0.2, -0.15) is 0 Å². The van der Waals surface area contributed by atoms with Gasteiger partial charge in [-0.25, -0.2) is 0 Å². The van der Waals surface area contributed by atoms with Crippen molar-refractivity contribution in [2.45, 2.75) is 43.6 Å². The molecule has 5 rings (SSSR count). The average molecular weight is 493 g/mol. The maximum absolute atomic E-state index is 12.8. The lowest BCUT2D eigenvalue weighted by Crippen LogP contribution is -2.28. The SMILES string of the molecule is CC(NC(=O)CSc1nnc(COc2ccccc2Cl)n1C1CC1)c1cccc2ccccc12. The maximum Gasteiger partial charge on any atom is 0.230 e. The van der Waals surface area contributed by atoms with Gasteiger partial charge in [-0.1, -0.05) is 78.0 Å². The van der Waals surface area contributed by atoms with Crippen LogP contribution in [0.1, 0.15) is 43.2 Å². The second-order valence-electron chi connectivity index (χ2n) is 8.37. The standard InChI is InChI=1S/C26H25ClN4O2S/c1-17(20-10-6-8-18-7-2-3-9-21(18)20)28-25(32)16-34-26-30-29-24(31(26)19-13-14-19)15-33-23-12-5-4-11-22(23)27/h2-12,17,19H,13-16H2,1H3,(H,28,32). The van der Waals surface area contributed by atoms with Crippen LogP contribution < -0.4 is 10.1 Å². The number of benzene rings is 3. The third-order valence-corrected chi connectivity index (χ3v) is 7.10. The summed E-state index contributed by atoms with van der Waals surface area (Å²) in [5.74, 6) is 1.59. The van der Waals surface area contributed by atoms with Crippen molar-refractivity contribution < 1.29 is 9.53 Å². The summed E-state index contributed by atoms with van der Waals surface area (Å²) in [6.07, 6.45) is 2.16. The van der Waals surface area contributed by atoms with Crippen molar-refractivity contribution in [2.75, 3.05) is 5.75 Å². The van der Waals surface area contributed by atoms with Gasteiger partial charge in [-0.15, -0.1) is 10.2 Å². The summed E-state index contributed by atoms with van der Waals surface area (Å²) in [6.45, 7) is 2.29. The van der Waals surface area contributed by atoms with E-state index in [2.05, 4.69) is 44.3 Å². The Morgan fingerprint density at radius 1 is 1.12 bits per heavy atom. The molecule has 0 spiro atoms. The van der Waals surface area contributed by atoms with Gasteiger partial charge in [0, 0.05) is 6.04 Å². The third kappa shape index (κ3) is 5.05. The number of amides is 1. The first-order valence-electron chi connectivity index (χ1n) is 11.3. The number of nitrogens with one attached hydrogen (secondary N) is 1. The smallest absolute Gasteiger partial charge is 0.230 e. The third-order valence-electron chi connectivity index (χ3n) is 5.84. The van der Waals surface area contributed by atoms with Crippen LogP contribution in [0.25, 0.3) is 10.8 Å². The van der Waals surface area contributed by atoms with Crippen molar-refractivity contribution in [1.82, 2.24) is 20.1 Å². The second-order valence-corrected chi connectivity index (χ2v) is 9.72. The van der Waals surface area contributed by atoms with Gasteiger partial charge >= 0.3 is 0 Å². The van der Waals surface area contributed by atoms with Gasteiger partial charge in [-0.05, 0) is 48.2 Å². The Hall–Kier alpha value is -3.03. The number of halogens is 1. The van der Waals surface area contributed by atoms with E-state index in [4.69, 9.17) is 16.3 Å². The van der Waals surface area contributed by atoms with E-state index in [-0.39, 0.29) is 24.3 Å². The number of ether oxygens (including phenoxy) is 1. The molecule has 0 bridgehead atoms. The molecule has 1 unspecified atom stereocenters. The van der Waals surface area contributed by atoms with E-state index < -0.39 is 0 Å². The molecule has 174 valence electrons. The van der Waals surface area contributed by atoms with E-state index in [9.17, 15) is 4.79 Å². The molecule has 1 aliphatic rings. The quantitative estimate of drug-likeness (QED) is 0.291. The van der Waals surface area contributed by atoms with Crippen molar-refractivity contribution in [3.05, 3.63) is 83.1 Å². The summed E-state index contributed by atoms with van der Waals surface area (Å²) >= 11 is 7.60. The lowest BCUT2D eigenvalue weighted by molar-refractivity contribution is -0.119. The first-order chi connectivity index (χ1) is 16.6. The number of hydrogen-bond acceptors (Lipinski definition) is 5. The van der Waals surface area contributed by atoms with E-state index >= 15 is 0 Å². The molecule has 1 heterocycles. The molecular weight excluding hydrogens is 468 g/mol. The Balaban J connectivity index is 1.22. The van der Waals surface area contributed by atoms with E-state index in [1.807, 2.05) is 43.3 Å². The summed E-state index contributed by atoms with van der Waals surface area (Å²) in [7, 11) is 0. The van der Waals surface area contributed by atoms with Crippen molar-refractivity contribution >= 4 is 40.0 Å². The molecule has 1 aliphatic carbocycles. The molecule has 1 saturated carbocycles. The zero-order chi connectivity index (χ0) is 23.5. The summed E-state index contributed by atoms with van der Waals surface area (Å²) in [5, 5.41) is 15.4. The first kappa shape index (κ1) is 22.7. The van der Waals surface area contributed by atoms with E-state index in [0.717, 1.165) is 34.8 Å². The zero-order valence-corrected chi connectivity index (χ0v) is 20.4. The minimum absolute atomic E-state index is 0.0374. The second kappa shape index (κ2) is 10.1. The average Bonchev–Trinajstić information content (AvgIpc) is 3.61. The normalized spacial score (nSPS) is 14.2. The molecule has 1 amide bonds. The molecule has 1 fully saturated rings. The lowest BCUT2D eigenvalue weighted by atomic mass is 10.00. The number of aromatic nitrogens is 3. The maximum atomic E-state index is 12.8. The number of nitrogens with zero attached hydrogens (tertiary/aromatic N) is 3. The Bertz CT molecular complexity index is 1320. The molecule has 8 heteroatoms. The number of rotatable bonds is 9. The Labute approximate surface area is 207 Å². The Morgan fingerprint density at radius 2 is 1.88 bits per heavy atom. The number of thioether (sulfide) groups is 1. The summed E-state index contributed by atoms with van der Waals surface area (Å²) in [5.41, 5.74) is 1.11. The van der Waals surface area contributed by atoms with Crippen LogP contribution in [0.15, 0.2) is 71.9 Å². The number of carbonyl (C=O) groups is 1. The fourth-order valence-corrected chi connectivity index (χ4v) is 5.05. The van der Waals surface area contributed by atoms with Crippen LogP contribution in [0.2, 0.25) is 5.02 Å². The van der Waals surface area contributed by atoms with Gasteiger partial charge in [-0.3, -0.25) is 9.36 Å². The highest BCUT2D eigenvalue weighted by Gasteiger charge is 2.30. The van der Waals surface area contributed by atoms with E-state index in [0.29, 0.717) is 16.8 Å². The van der Waals surface area contributed by atoms with Crippen LogP contribution in [-0.2, 0) is 11.4 Å². The largest absolute Gasteiger partial charge is 0.484 e. The first-order valence-corrected chi connectivity index (χ1v) is 12.7. The molecule has 0 saturated heterocycles. The lowest BCUT2D eigenvalue weighted by Gasteiger charge is -2.16. The highest BCUT2D eigenvalue weighted by molar-refractivity contribution is 7.99. The predicted octanol–water partition coefficient (Wildman–Crippen LogP) is 5.97. The fourth-order valence-electron chi connectivity index (χ4n) is 4.03. The van der Waals surface area contributed by atoms with Crippen LogP contribution in [0.3, 0.4) is 0 Å². The predicted molar refractivity (Wildman–Crippen MR) is 135 cm³/mol. The van der Waals surface area contributed by atoms with E-state index in [1.165, 1.54) is 17.1 Å². The van der Waals surface area contributed by atoms with Crippen LogP contribution >= 0.6 is 23.4 Å². The molecular formula is C26H25ClN4O2S. The number of carbonyl (C=O) groups excluding carboxylic acids is 1. The highest BCUT2D eigenvalue weighted by atomic mass is 35.5. The summed E-state index contributed by atoms with van der Waals surface area (Å²) < 4.78 is 7.97. The molecule has 1 aromatic heterocycles. The topological polar surface area (TPSA) is 69.0 Å². The van der Waals surface area contributed by atoms with Gasteiger partial charge in [0.1, 0.15) is 12.4 Å². The fraction of sp³-hybridized carbons (Fsp3) is 0.269. The molecule has 4 aromatic rings. The highest BCUT2D eigenvalue weighted by Crippen LogP contribution is 2.39. The number of hydrogen-bond donors (Lipinski definition) is 1. The van der Waals surface area contributed by atoms with Gasteiger partial charge in [0.05, 0.1) is 16.8 Å². The minimum Gasteiger partial charge on any atom is -0.484 e. The molecule has 1 atom stereocenters. The van der Waals surface area contributed by atoms with E-state index in [1.54, 1.807) is 6.07 Å². The van der Waals surface area contributed by atoms with Gasteiger partial charge in [0.25, 0.3) is 0 Å². The van der Waals surface area contributed by atoms with Gasteiger partial charge < -0.3 is 10.1 Å². The molecule has 34 heavy (non-hydrogen) atoms. The van der Waals surface area contributed by atoms with Crippen LogP contribution in [0, 0.1) is 0 Å². The van der Waals surface area contributed by atoms with Crippen LogP contribution in [-0.4, -0.2) is 26.4 Å². The van der Waals surface area contributed by atoms with Crippen molar-refractivity contribution in [1.29, 1.82) is 0 Å². The molecule has 1 N–H and O–H groups in total. The minimum atomic E-state index is -0.0971. The Kier molecular flexibility index (Phi) is 6.74. The molecule has 0 aliphatic heterocycles. The molecule has 0 radical (unpaired) electrons. The number of para-hydroxylation sites is 1. The number of fused-ring (bicyclic) bond motifs is 1. The van der Waals surface area contributed by atoms with Crippen LogP contribution in [0.4, 0.5) is 0 Å². The van der Waals surface area contributed by atoms with Gasteiger partial charge in [0.2, 0.25) is 5.91 Å². The summed E-state index contributed by atoms with van der Waals surface area (Å²) in [4.78, 5) is 12.8. The van der Waals surface area contributed by atoms with Crippen LogP contribution in [0.5, 0.6) is 5.75 Å². The van der Waals surface area contributed by atoms with Crippen molar-refractivity contribution in [2.24, 2.45) is 0 Å². The monoisotopic (exact) mass is 492 g/mol. The Morgan fingerprint density at radius 3 is 2.71 bits per heavy atom. The van der Waals surface area contributed by atoms with Crippen molar-refractivity contribution in [3.63, 3.8) is 0 Å². The molecule has 6 nitrogen and oxygen atoms in total. The summed E-state index contributed by atoms with van der Waals surface area (Å²) in [6, 6.07) is 22.0. The van der Waals surface area contributed by atoms with Crippen molar-refractivity contribution in [3.8, 4) is 5.75 Å². The zero-order valence-electron chi connectivity index (χ0n) is 18.8. The molecule has 3 aromatic carbocycles. The van der Waals surface area contributed by atoms with Gasteiger partial charge in [0.15, 0.2) is 11.0 Å².